The van der Waals surface area contributed by atoms with Crippen LogP contribution in [0, 0.1) is 58.2 Å². The molecular formula is C40H74N4O4. The van der Waals surface area contributed by atoms with Gasteiger partial charge in [-0.2, -0.15) is 0 Å². The van der Waals surface area contributed by atoms with Gasteiger partial charge in [0, 0.05) is 12.0 Å². The molecule has 278 valence electrons. The van der Waals surface area contributed by atoms with Gasteiger partial charge in [-0.05, 0) is 157 Å². The van der Waals surface area contributed by atoms with E-state index < -0.39 is 0 Å². The van der Waals surface area contributed by atoms with Gasteiger partial charge in [-0.1, -0.05) is 48.5 Å². The Labute approximate surface area is 293 Å². The third-order valence-electron chi connectivity index (χ3n) is 13.6. The van der Waals surface area contributed by atoms with Crippen LogP contribution in [0.4, 0.5) is 0 Å². The average Bonchev–Trinajstić information content (AvgIpc) is 3.41. The predicted octanol–water partition coefficient (Wildman–Crippen LogP) is 6.31. The summed E-state index contributed by atoms with van der Waals surface area (Å²) in [6.07, 6.45) is 14.2. The highest BCUT2D eigenvalue weighted by Crippen LogP contribution is 2.68. The van der Waals surface area contributed by atoms with Gasteiger partial charge in [-0.15, -0.1) is 0 Å². The van der Waals surface area contributed by atoms with Crippen LogP contribution in [-0.4, -0.2) is 70.0 Å². The zero-order valence-electron chi connectivity index (χ0n) is 31.9. The van der Waals surface area contributed by atoms with Crippen molar-refractivity contribution in [3.05, 3.63) is 0 Å². The Morgan fingerprint density at radius 3 is 2.04 bits per heavy atom. The maximum atomic E-state index is 13.2. The Morgan fingerprint density at radius 1 is 0.750 bits per heavy atom. The van der Waals surface area contributed by atoms with Crippen molar-refractivity contribution < 1.29 is 19.1 Å². The highest BCUT2D eigenvalue weighted by atomic mass is 16.5. The molecule has 8 nitrogen and oxygen atoms in total. The molecule has 0 aliphatic heterocycles. The third-order valence-corrected chi connectivity index (χ3v) is 13.6. The second-order valence-corrected chi connectivity index (χ2v) is 17.5. The van der Waals surface area contributed by atoms with Gasteiger partial charge in [-0.3, -0.25) is 9.59 Å². The van der Waals surface area contributed by atoms with E-state index in [0.29, 0.717) is 53.6 Å². The smallest absolute Gasteiger partial charge is 0.308 e. The Hall–Kier alpha value is -1.22. The van der Waals surface area contributed by atoms with E-state index >= 15 is 0 Å². The summed E-state index contributed by atoms with van der Waals surface area (Å²) in [5.74, 6) is 2.74. The second kappa shape index (κ2) is 18.3. The van der Waals surface area contributed by atoms with E-state index in [0.717, 1.165) is 58.5 Å². The predicted molar refractivity (Wildman–Crippen MR) is 195 cm³/mol. The Balaban J connectivity index is 1.33. The van der Waals surface area contributed by atoms with Crippen LogP contribution >= 0.6 is 0 Å². The third kappa shape index (κ3) is 9.55. The van der Waals surface area contributed by atoms with Crippen molar-refractivity contribution in [2.45, 2.75) is 138 Å². The van der Waals surface area contributed by atoms with Crippen molar-refractivity contribution in [3.63, 3.8) is 0 Å². The first kappa shape index (κ1) is 39.6. The standard InChI is InChI=1S/C40H74N4O4/c1-27(2)37(45)47-26-29(5)32-12-13-33-36-34(15-17-40(32,33)7)39(6)16-14-31(24-30(39)25-35(36)48-38(46)28(3)4)44-23-11-22-43-20-9-8-19-42-21-10-18-41/h27-36,42-44H,8-26,41H2,1-7H3/t29-,30+,31-,32?,33?,34?,35-,36?,39-,40+/m0/s1. The van der Waals surface area contributed by atoms with Gasteiger partial charge in [0.25, 0.3) is 0 Å². The summed E-state index contributed by atoms with van der Waals surface area (Å²) >= 11 is 0. The van der Waals surface area contributed by atoms with Crippen molar-refractivity contribution >= 4 is 11.9 Å². The first-order valence-corrected chi connectivity index (χ1v) is 20.1. The van der Waals surface area contributed by atoms with Gasteiger partial charge in [-0.25, -0.2) is 0 Å². The van der Waals surface area contributed by atoms with Crippen molar-refractivity contribution in [3.8, 4) is 0 Å². The fourth-order valence-electron chi connectivity index (χ4n) is 10.8. The summed E-state index contributed by atoms with van der Waals surface area (Å²) in [7, 11) is 0. The number of fused-ring (bicyclic) bond motifs is 5. The molecule has 5 N–H and O–H groups in total. The lowest BCUT2D eigenvalue weighted by Crippen LogP contribution is -2.60. The van der Waals surface area contributed by atoms with Crippen LogP contribution in [0.5, 0.6) is 0 Å². The number of nitrogens with two attached hydrogens (primary N) is 1. The Morgan fingerprint density at radius 2 is 1.38 bits per heavy atom. The monoisotopic (exact) mass is 675 g/mol. The molecule has 10 atom stereocenters. The molecule has 4 saturated carbocycles. The minimum atomic E-state index is -0.105. The van der Waals surface area contributed by atoms with Gasteiger partial charge in [0.15, 0.2) is 0 Å². The van der Waals surface area contributed by atoms with Crippen molar-refractivity contribution in [2.24, 2.45) is 63.9 Å². The normalized spacial score (nSPS) is 35.2. The van der Waals surface area contributed by atoms with Crippen molar-refractivity contribution in [2.75, 3.05) is 45.9 Å². The number of carbonyl (C=O) groups is 2. The molecule has 4 aliphatic carbocycles. The lowest BCUT2D eigenvalue weighted by molar-refractivity contribution is -0.194. The van der Waals surface area contributed by atoms with Crippen molar-refractivity contribution in [1.29, 1.82) is 0 Å². The molecule has 0 saturated heterocycles. The molecule has 4 aliphatic rings. The summed E-state index contributed by atoms with van der Waals surface area (Å²) in [6.45, 7) is 21.8. The van der Waals surface area contributed by atoms with Gasteiger partial charge in [0.05, 0.1) is 18.4 Å². The molecule has 0 spiro atoms. The summed E-state index contributed by atoms with van der Waals surface area (Å²) in [4.78, 5) is 25.5. The Kier molecular flexibility index (Phi) is 15.1. The molecule has 0 amide bonds. The maximum absolute atomic E-state index is 13.2. The summed E-state index contributed by atoms with van der Waals surface area (Å²) in [5, 5.41) is 11.0. The van der Waals surface area contributed by atoms with Crippen LogP contribution in [-0.2, 0) is 19.1 Å². The number of ether oxygens (including phenoxy) is 2. The van der Waals surface area contributed by atoms with Crippen LogP contribution in [0.1, 0.15) is 126 Å². The molecule has 0 aromatic heterocycles. The van der Waals surface area contributed by atoms with Crippen LogP contribution in [0.3, 0.4) is 0 Å². The minimum absolute atomic E-state index is 0.0132. The SMILES string of the molecule is CC(C)C(=O)OC[C@H](C)C1CCC2C3C(CC[C@@]21C)[C@@]1(C)CC[C@H](NCCCNCCCCNCCCN)C[C@@H]1C[C@@H]3OC(=O)C(C)C. The van der Waals surface area contributed by atoms with Crippen LogP contribution in [0.15, 0.2) is 0 Å². The lowest BCUT2D eigenvalue weighted by atomic mass is 9.43. The summed E-state index contributed by atoms with van der Waals surface area (Å²) in [5.41, 5.74) is 6.06. The number of hydrogen-bond donors (Lipinski definition) is 4. The quantitative estimate of drug-likeness (QED) is 0.0931. The van der Waals surface area contributed by atoms with Crippen LogP contribution < -0.4 is 21.7 Å². The van der Waals surface area contributed by atoms with E-state index in [1.807, 2.05) is 27.7 Å². The number of carbonyl (C=O) groups excluding carboxylic acids is 2. The van der Waals surface area contributed by atoms with Gasteiger partial charge in [0.2, 0.25) is 0 Å². The molecule has 0 aromatic carbocycles. The van der Waals surface area contributed by atoms with E-state index in [1.165, 1.54) is 57.8 Å². The fourth-order valence-corrected chi connectivity index (χ4v) is 10.8. The Bertz CT molecular complexity index is 1010. The number of hydrogen-bond acceptors (Lipinski definition) is 8. The number of unbranched alkanes of at least 4 members (excludes halogenated alkanes) is 1. The number of rotatable bonds is 19. The number of nitrogens with one attached hydrogen (secondary N) is 3. The highest BCUT2D eigenvalue weighted by Gasteiger charge is 2.64. The van der Waals surface area contributed by atoms with Crippen LogP contribution in [0.25, 0.3) is 0 Å². The topological polar surface area (TPSA) is 115 Å². The molecular weight excluding hydrogens is 600 g/mol. The number of esters is 2. The summed E-state index contributed by atoms with van der Waals surface area (Å²) < 4.78 is 12.3. The lowest BCUT2D eigenvalue weighted by Gasteiger charge is -2.63. The largest absolute Gasteiger partial charge is 0.465 e. The van der Waals surface area contributed by atoms with E-state index in [2.05, 4.69) is 36.7 Å². The van der Waals surface area contributed by atoms with Crippen molar-refractivity contribution in [1.82, 2.24) is 16.0 Å². The average molecular weight is 675 g/mol. The minimum Gasteiger partial charge on any atom is -0.465 e. The van der Waals surface area contributed by atoms with Gasteiger partial charge < -0.3 is 31.2 Å². The molecule has 8 heteroatoms. The van der Waals surface area contributed by atoms with E-state index in [1.54, 1.807) is 0 Å². The first-order chi connectivity index (χ1) is 22.9. The molecule has 4 fully saturated rings. The van der Waals surface area contributed by atoms with Gasteiger partial charge >= 0.3 is 11.9 Å². The zero-order valence-corrected chi connectivity index (χ0v) is 31.9. The first-order valence-electron chi connectivity index (χ1n) is 20.1. The molecule has 0 heterocycles. The molecule has 0 radical (unpaired) electrons. The second-order valence-electron chi connectivity index (χ2n) is 17.5. The molecule has 4 rings (SSSR count). The fraction of sp³-hybridized carbons (Fsp3) is 0.950. The summed E-state index contributed by atoms with van der Waals surface area (Å²) in [6, 6.07) is 0.555. The molecule has 0 bridgehead atoms. The van der Waals surface area contributed by atoms with Crippen LogP contribution in [0.2, 0.25) is 0 Å². The molecule has 48 heavy (non-hydrogen) atoms. The molecule has 0 aromatic rings. The van der Waals surface area contributed by atoms with E-state index in [-0.39, 0.29) is 35.3 Å². The van der Waals surface area contributed by atoms with E-state index in [9.17, 15) is 9.59 Å². The molecule has 4 unspecified atom stereocenters. The zero-order chi connectivity index (χ0) is 34.9. The van der Waals surface area contributed by atoms with E-state index in [4.69, 9.17) is 15.2 Å². The highest BCUT2D eigenvalue weighted by molar-refractivity contribution is 5.72. The maximum Gasteiger partial charge on any atom is 0.308 e. The van der Waals surface area contributed by atoms with Gasteiger partial charge in [0.1, 0.15) is 6.10 Å².